The van der Waals surface area contributed by atoms with Crippen LogP contribution in [-0.4, -0.2) is 24.6 Å². The van der Waals surface area contributed by atoms with Gasteiger partial charge in [-0.05, 0) is 43.7 Å². The van der Waals surface area contributed by atoms with Gasteiger partial charge < -0.3 is 10.2 Å². The highest BCUT2D eigenvalue weighted by Crippen LogP contribution is 2.32. The maximum Gasteiger partial charge on any atom is 0.170 e. The van der Waals surface area contributed by atoms with Crippen LogP contribution in [0, 0.1) is 17.7 Å². The quantitative estimate of drug-likeness (QED) is 0.754. The fraction of sp³-hybridized carbons (Fsp3) is 0.706. The third kappa shape index (κ3) is 4.95. The van der Waals surface area contributed by atoms with Gasteiger partial charge in [0.25, 0.3) is 0 Å². The van der Waals surface area contributed by atoms with Gasteiger partial charge in [0, 0.05) is 31.4 Å². The molecule has 0 spiro atoms. The van der Waals surface area contributed by atoms with Crippen LogP contribution < -0.4 is 10.2 Å². The number of aromatic nitrogens is 1. The van der Waals surface area contributed by atoms with Crippen molar-refractivity contribution < 1.29 is 4.39 Å². The summed E-state index contributed by atoms with van der Waals surface area (Å²) in [5, 5.41) is 3.31. The van der Waals surface area contributed by atoms with Crippen molar-refractivity contribution in [3.63, 3.8) is 0 Å². The van der Waals surface area contributed by atoms with Crippen LogP contribution in [0.25, 0.3) is 0 Å². The maximum atomic E-state index is 14.7. The Hall–Kier alpha value is -1.16. The molecule has 0 aromatic carbocycles. The first-order chi connectivity index (χ1) is 10.1. The maximum absolute atomic E-state index is 14.7. The Balaban J connectivity index is 2.06. The average molecular weight is 293 g/mol. The van der Waals surface area contributed by atoms with Gasteiger partial charge in [0.05, 0.1) is 0 Å². The molecule has 1 N–H and O–H groups in total. The summed E-state index contributed by atoms with van der Waals surface area (Å²) in [5.74, 6) is 1.69. The molecular weight excluding hydrogens is 265 g/mol. The monoisotopic (exact) mass is 293 g/mol. The zero-order valence-electron chi connectivity index (χ0n) is 13.5. The Bertz CT molecular complexity index is 444. The fourth-order valence-electron chi connectivity index (χ4n) is 2.49. The fourth-order valence-corrected chi connectivity index (χ4v) is 2.49. The van der Waals surface area contributed by atoms with E-state index >= 15 is 0 Å². The first-order valence-electron chi connectivity index (χ1n) is 8.20. The van der Waals surface area contributed by atoms with Gasteiger partial charge in [-0.25, -0.2) is 9.37 Å². The van der Waals surface area contributed by atoms with Gasteiger partial charge >= 0.3 is 0 Å². The molecule has 0 atom stereocenters. The number of nitrogens with one attached hydrogen (secondary N) is 1. The second-order valence-corrected chi connectivity index (χ2v) is 6.52. The van der Waals surface area contributed by atoms with Crippen LogP contribution in [0.2, 0.25) is 0 Å². The molecule has 1 fully saturated rings. The Kier molecular flexibility index (Phi) is 5.97. The van der Waals surface area contributed by atoms with Crippen molar-refractivity contribution in [3.8, 4) is 0 Å². The standard InChI is InChI=1S/C17H28FN3/c1-4-9-21(12-14-5-6-14)17-16(18)15(7-8-20-17)11-19-10-13(2)3/h7-8,13-14,19H,4-6,9-12H2,1-3H3. The van der Waals surface area contributed by atoms with E-state index in [9.17, 15) is 4.39 Å². The number of halogens is 1. The van der Waals surface area contributed by atoms with Crippen LogP contribution in [0.15, 0.2) is 12.3 Å². The zero-order chi connectivity index (χ0) is 15.2. The minimum Gasteiger partial charge on any atom is -0.354 e. The predicted octanol–water partition coefficient (Wildman–Crippen LogP) is 3.59. The number of hydrogen-bond acceptors (Lipinski definition) is 3. The topological polar surface area (TPSA) is 28.2 Å². The number of anilines is 1. The molecule has 118 valence electrons. The molecule has 1 heterocycles. The van der Waals surface area contributed by atoms with E-state index in [1.807, 2.05) is 0 Å². The summed E-state index contributed by atoms with van der Waals surface area (Å²) in [7, 11) is 0. The van der Waals surface area contributed by atoms with Gasteiger partial charge in [0.1, 0.15) is 0 Å². The first kappa shape index (κ1) is 16.2. The number of nitrogens with zero attached hydrogens (tertiary/aromatic N) is 2. The molecule has 21 heavy (non-hydrogen) atoms. The van der Waals surface area contributed by atoms with Crippen molar-refractivity contribution in [2.75, 3.05) is 24.5 Å². The second kappa shape index (κ2) is 7.74. The lowest BCUT2D eigenvalue weighted by atomic mass is 10.2. The molecular formula is C17H28FN3. The van der Waals surface area contributed by atoms with Gasteiger partial charge in [0.2, 0.25) is 0 Å². The van der Waals surface area contributed by atoms with Crippen LogP contribution in [0.3, 0.4) is 0 Å². The molecule has 1 aromatic rings. The van der Waals surface area contributed by atoms with E-state index in [-0.39, 0.29) is 5.82 Å². The molecule has 0 amide bonds. The van der Waals surface area contributed by atoms with Crippen LogP contribution in [0.4, 0.5) is 10.2 Å². The molecule has 1 aliphatic rings. The Morgan fingerprint density at radius 3 is 2.81 bits per heavy atom. The van der Waals surface area contributed by atoms with E-state index in [0.717, 1.165) is 37.5 Å². The van der Waals surface area contributed by atoms with Crippen LogP contribution in [0.1, 0.15) is 45.6 Å². The molecule has 0 radical (unpaired) electrons. The van der Waals surface area contributed by atoms with E-state index in [2.05, 4.69) is 36.0 Å². The largest absolute Gasteiger partial charge is 0.354 e. The Morgan fingerprint density at radius 1 is 1.43 bits per heavy atom. The normalized spacial score (nSPS) is 14.7. The molecule has 4 heteroatoms. The number of rotatable bonds is 9. The number of pyridine rings is 1. The Morgan fingerprint density at radius 2 is 2.19 bits per heavy atom. The number of hydrogen-bond donors (Lipinski definition) is 1. The predicted molar refractivity (Wildman–Crippen MR) is 86.0 cm³/mol. The van der Waals surface area contributed by atoms with E-state index in [0.29, 0.717) is 18.3 Å². The summed E-state index contributed by atoms with van der Waals surface area (Å²) >= 11 is 0. The van der Waals surface area contributed by atoms with Gasteiger partial charge in [-0.1, -0.05) is 20.8 Å². The lowest BCUT2D eigenvalue weighted by molar-refractivity contribution is 0.530. The molecule has 3 nitrogen and oxygen atoms in total. The van der Waals surface area contributed by atoms with E-state index in [1.54, 1.807) is 12.3 Å². The average Bonchev–Trinajstić information content (AvgIpc) is 3.24. The summed E-state index contributed by atoms with van der Waals surface area (Å²) in [6, 6.07) is 1.79. The smallest absolute Gasteiger partial charge is 0.170 e. The van der Waals surface area contributed by atoms with Gasteiger partial charge in [-0.2, -0.15) is 0 Å². The summed E-state index contributed by atoms with van der Waals surface area (Å²) in [4.78, 5) is 6.43. The van der Waals surface area contributed by atoms with Crippen LogP contribution in [0.5, 0.6) is 0 Å². The van der Waals surface area contributed by atoms with Crippen molar-refractivity contribution in [3.05, 3.63) is 23.6 Å². The van der Waals surface area contributed by atoms with E-state index < -0.39 is 0 Å². The van der Waals surface area contributed by atoms with Gasteiger partial charge in [-0.15, -0.1) is 0 Å². The summed E-state index contributed by atoms with van der Waals surface area (Å²) in [6.45, 7) is 9.73. The molecule has 0 bridgehead atoms. The Labute approximate surface area is 127 Å². The van der Waals surface area contributed by atoms with Crippen molar-refractivity contribution in [1.29, 1.82) is 0 Å². The highest BCUT2D eigenvalue weighted by molar-refractivity contribution is 5.43. The lowest BCUT2D eigenvalue weighted by Crippen LogP contribution is -2.29. The molecule has 1 saturated carbocycles. The molecule has 0 unspecified atom stereocenters. The highest BCUT2D eigenvalue weighted by atomic mass is 19.1. The van der Waals surface area contributed by atoms with E-state index in [4.69, 9.17) is 0 Å². The van der Waals surface area contributed by atoms with E-state index in [1.165, 1.54) is 12.8 Å². The SMILES string of the molecule is CCCN(CC1CC1)c1nccc(CNCC(C)C)c1F. The zero-order valence-corrected chi connectivity index (χ0v) is 13.5. The van der Waals surface area contributed by atoms with Gasteiger partial charge in [-0.3, -0.25) is 0 Å². The van der Waals surface area contributed by atoms with Crippen molar-refractivity contribution in [2.45, 2.75) is 46.6 Å². The first-order valence-corrected chi connectivity index (χ1v) is 8.20. The molecule has 1 aliphatic carbocycles. The van der Waals surface area contributed by atoms with Gasteiger partial charge in [0.15, 0.2) is 11.6 Å². The summed E-state index contributed by atoms with van der Waals surface area (Å²) in [5.41, 5.74) is 0.720. The highest BCUT2D eigenvalue weighted by Gasteiger charge is 2.26. The molecule has 0 saturated heterocycles. The van der Waals surface area contributed by atoms with Crippen molar-refractivity contribution in [2.24, 2.45) is 11.8 Å². The lowest BCUT2D eigenvalue weighted by Gasteiger charge is -2.24. The third-order valence-corrected chi connectivity index (χ3v) is 3.79. The van der Waals surface area contributed by atoms with Crippen LogP contribution in [-0.2, 0) is 6.54 Å². The molecule has 2 rings (SSSR count). The second-order valence-electron chi connectivity index (χ2n) is 6.52. The van der Waals surface area contributed by atoms with Crippen LogP contribution >= 0.6 is 0 Å². The minimum atomic E-state index is -0.150. The summed E-state index contributed by atoms with van der Waals surface area (Å²) in [6.07, 6.45) is 5.30. The molecule has 0 aliphatic heterocycles. The third-order valence-electron chi connectivity index (χ3n) is 3.79. The van der Waals surface area contributed by atoms with Crippen molar-refractivity contribution in [1.82, 2.24) is 10.3 Å². The van der Waals surface area contributed by atoms with Crippen molar-refractivity contribution >= 4 is 5.82 Å². The minimum absolute atomic E-state index is 0.150. The molecule has 1 aromatic heterocycles. The summed E-state index contributed by atoms with van der Waals surface area (Å²) < 4.78 is 14.7.